The molecular weight excluding hydrogens is 352 g/mol. The molecule has 0 saturated carbocycles. The third kappa shape index (κ3) is 5.33. The fourth-order valence-corrected chi connectivity index (χ4v) is 2.77. The predicted octanol–water partition coefficient (Wildman–Crippen LogP) is 1.29. The number of hydrogen-bond donors (Lipinski definition) is 5. The number of aryl methyl sites for hydroxylation is 1. The highest BCUT2D eigenvalue weighted by atomic mass is 16.5. The van der Waals surface area contributed by atoms with E-state index in [-0.39, 0.29) is 24.7 Å². The molecule has 2 aromatic carbocycles. The SMILES string of the molecule is COc1cc([C@H](O)[C@@H](CO)Oc2ccc(CCCO)cc2CO)ccc1O. The zero-order chi connectivity index (χ0) is 19.8. The van der Waals surface area contributed by atoms with Crippen LogP contribution in [0.25, 0.3) is 0 Å². The van der Waals surface area contributed by atoms with E-state index in [1.54, 1.807) is 12.1 Å². The van der Waals surface area contributed by atoms with Gasteiger partial charge in [-0.05, 0) is 48.2 Å². The highest BCUT2D eigenvalue weighted by Crippen LogP contribution is 2.32. The highest BCUT2D eigenvalue weighted by molar-refractivity contribution is 5.43. The Morgan fingerprint density at radius 1 is 1.00 bits per heavy atom. The monoisotopic (exact) mass is 378 g/mol. The van der Waals surface area contributed by atoms with Crippen LogP contribution in [0.15, 0.2) is 36.4 Å². The fraction of sp³-hybridized carbons (Fsp3) is 0.400. The molecule has 0 fully saturated rings. The number of aliphatic hydroxyl groups excluding tert-OH is 4. The summed E-state index contributed by atoms with van der Waals surface area (Å²) in [5.74, 6) is 0.498. The van der Waals surface area contributed by atoms with Gasteiger partial charge >= 0.3 is 0 Å². The quantitative estimate of drug-likeness (QED) is 0.423. The molecule has 5 N–H and O–H groups in total. The molecule has 27 heavy (non-hydrogen) atoms. The Morgan fingerprint density at radius 3 is 2.41 bits per heavy atom. The summed E-state index contributed by atoms with van der Waals surface area (Å²) >= 11 is 0. The van der Waals surface area contributed by atoms with Crippen LogP contribution in [0, 0.1) is 0 Å². The molecule has 0 aliphatic rings. The van der Waals surface area contributed by atoms with Crippen LogP contribution in [-0.2, 0) is 13.0 Å². The van der Waals surface area contributed by atoms with Crippen molar-refractivity contribution in [1.29, 1.82) is 0 Å². The third-order valence-corrected chi connectivity index (χ3v) is 4.27. The van der Waals surface area contributed by atoms with Crippen LogP contribution in [-0.4, -0.2) is 52.0 Å². The van der Waals surface area contributed by atoms with Gasteiger partial charge in [-0.15, -0.1) is 0 Å². The zero-order valence-corrected chi connectivity index (χ0v) is 15.2. The molecule has 0 spiro atoms. The standard InChI is InChI=1S/C20H26O7/c1-26-18-10-14(5-6-16(18)24)20(25)19(12-23)27-17-7-4-13(3-2-8-21)9-15(17)11-22/h4-7,9-10,19-25H,2-3,8,11-12H2,1H3/t19-,20+/m1/s1. The Bertz CT molecular complexity index is 732. The van der Waals surface area contributed by atoms with Crippen molar-refractivity contribution < 1.29 is 35.0 Å². The average molecular weight is 378 g/mol. The number of aromatic hydroxyl groups is 1. The molecule has 0 unspecified atom stereocenters. The van der Waals surface area contributed by atoms with Crippen LogP contribution in [0.5, 0.6) is 17.2 Å². The van der Waals surface area contributed by atoms with E-state index < -0.39 is 18.8 Å². The molecule has 148 valence electrons. The lowest BCUT2D eigenvalue weighted by molar-refractivity contribution is -0.000351. The first-order valence-electron chi connectivity index (χ1n) is 8.70. The van der Waals surface area contributed by atoms with Crippen LogP contribution < -0.4 is 9.47 Å². The van der Waals surface area contributed by atoms with Gasteiger partial charge in [-0.1, -0.05) is 12.1 Å². The van der Waals surface area contributed by atoms with E-state index in [4.69, 9.17) is 14.6 Å². The lowest BCUT2D eigenvalue weighted by Crippen LogP contribution is -2.29. The van der Waals surface area contributed by atoms with Crippen LogP contribution in [0.4, 0.5) is 0 Å². The van der Waals surface area contributed by atoms with Crippen LogP contribution >= 0.6 is 0 Å². The van der Waals surface area contributed by atoms with Crippen molar-refractivity contribution in [3.05, 3.63) is 53.1 Å². The van der Waals surface area contributed by atoms with Gasteiger partial charge in [0.05, 0.1) is 20.3 Å². The minimum Gasteiger partial charge on any atom is -0.504 e. The van der Waals surface area contributed by atoms with Crippen LogP contribution in [0.3, 0.4) is 0 Å². The van der Waals surface area contributed by atoms with Gasteiger partial charge in [-0.2, -0.15) is 0 Å². The number of phenolic OH excluding ortho intramolecular Hbond substituents is 1. The number of methoxy groups -OCH3 is 1. The molecule has 7 heteroatoms. The van der Waals surface area contributed by atoms with Gasteiger partial charge in [-0.25, -0.2) is 0 Å². The fourth-order valence-electron chi connectivity index (χ4n) is 2.77. The normalized spacial score (nSPS) is 13.2. The second-order valence-corrected chi connectivity index (χ2v) is 6.14. The topological polar surface area (TPSA) is 120 Å². The van der Waals surface area contributed by atoms with Crippen molar-refractivity contribution in [2.24, 2.45) is 0 Å². The third-order valence-electron chi connectivity index (χ3n) is 4.27. The summed E-state index contributed by atoms with van der Waals surface area (Å²) in [4.78, 5) is 0. The van der Waals surface area contributed by atoms with Crippen molar-refractivity contribution in [2.45, 2.75) is 31.7 Å². The Hall–Kier alpha value is -2.32. The number of rotatable bonds is 10. The van der Waals surface area contributed by atoms with Gasteiger partial charge in [0, 0.05) is 12.2 Å². The minimum atomic E-state index is -1.18. The molecule has 0 aliphatic heterocycles. The van der Waals surface area contributed by atoms with E-state index in [2.05, 4.69) is 0 Å². The first-order valence-corrected chi connectivity index (χ1v) is 8.70. The summed E-state index contributed by atoms with van der Waals surface area (Å²) in [5.41, 5.74) is 1.89. The van der Waals surface area contributed by atoms with Gasteiger partial charge in [0.1, 0.15) is 11.9 Å². The largest absolute Gasteiger partial charge is 0.504 e. The van der Waals surface area contributed by atoms with E-state index in [0.29, 0.717) is 29.7 Å². The smallest absolute Gasteiger partial charge is 0.160 e. The van der Waals surface area contributed by atoms with E-state index >= 15 is 0 Å². The first kappa shape index (κ1) is 21.0. The van der Waals surface area contributed by atoms with Gasteiger partial charge in [-0.3, -0.25) is 0 Å². The second kappa shape index (κ2) is 10.1. The van der Waals surface area contributed by atoms with Gasteiger partial charge < -0.3 is 35.0 Å². The molecule has 0 radical (unpaired) electrons. The molecule has 2 rings (SSSR count). The van der Waals surface area contributed by atoms with Crippen LogP contribution in [0.2, 0.25) is 0 Å². The molecule has 0 saturated heterocycles. The zero-order valence-electron chi connectivity index (χ0n) is 15.2. The molecule has 0 amide bonds. The Labute approximate surface area is 158 Å². The maximum Gasteiger partial charge on any atom is 0.160 e. The maximum absolute atomic E-state index is 10.6. The summed E-state index contributed by atoms with van der Waals surface area (Å²) in [6.07, 6.45) is -0.868. The van der Waals surface area contributed by atoms with Crippen molar-refractivity contribution in [2.75, 3.05) is 20.3 Å². The van der Waals surface area contributed by atoms with Crippen molar-refractivity contribution >= 4 is 0 Å². The maximum atomic E-state index is 10.6. The Balaban J connectivity index is 2.20. The Morgan fingerprint density at radius 2 is 1.78 bits per heavy atom. The van der Waals surface area contributed by atoms with Crippen LogP contribution in [0.1, 0.15) is 29.2 Å². The number of ether oxygens (including phenoxy) is 2. The Kier molecular flexibility index (Phi) is 7.87. The number of phenols is 1. The van der Waals surface area contributed by atoms with Gasteiger partial charge in [0.2, 0.25) is 0 Å². The number of aliphatic hydroxyl groups is 4. The van der Waals surface area contributed by atoms with Crippen molar-refractivity contribution in [3.8, 4) is 17.2 Å². The van der Waals surface area contributed by atoms with Gasteiger partial charge in [0.15, 0.2) is 17.6 Å². The molecule has 0 aromatic heterocycles. The second-order valence-electron chi connectivity index (χ2n) is 6.14. The summed E-state index contributed by atoms with van der Waals surface area (Å²) < 4.78 is 10.8. The summed E-state index contributed by atoms with van der Waals surface area (Å²) in [6.45, 7) is -0.632. The molecule has 0 bridgehead atoms. The van der Waals surface area contributed by atoms with E-state index in [0.717, 1.165) is 5.56 Å². The van der Waals surface area contributed by atoms with Gasteiger partial charge in [0.25, 0.3) is 0 Å². The summed E-state index contributed by atoms with van der Waals surface area (Å²) in [6, 6.07) is 9.63. The summed E-state index contributed by atoms with van der Waals surface area (Å²) in [7, 11) is 1.40. The molecule has 0 aliphatic carbocycles. The molecule has 7 nitrogen and oxygen atoms in total. The van der Waals surface area contributed by atoms with Crippen molar-refractivity contribution in [1.82, 2.24) is 0 Å². The molecule has 0 heterocycles. The highest BCUT2D eigenvalue weighted by Gasteiger charge is 2.24. The number of hydrogen-bond acceptors (Lipinski definition) is 7. The van der Waals surface area contributed by atoms with E-state index in [9.17, 15) is 20.4 Å². The molecule has 2 aromatic rings. The first-order chi connectivity index (χ1) is 13.0. The lowest BCUT2D eigenvalue weighted by atomic mass is 10.0. The number of benzene rings is 2. The average Bonchev–Trinajstić information content (AvgIpc) is 2.70. The lowest BCUT2D eigenvalue weighted by Gasteiger charge is -2.24. The van der Waals surface area contributed by atoms with Crippen molar-refractivity contribution in [3.63, 3.8) is 0 Å². The van der Waals surface area contributed by atoms with E-state index in [1.807, 2.05) is 6.07 Å². The minimum absolute atomic E-state index is 0.0593. The molecular formula is C20H26O7. The summed E-state index contributed by atoms with van der Waals surface area (Å²) in [5, 5.41) is 48.5. The predicted molar refractivity (Wildman–Crippen MR) is 98.9 cm³/mol. The molecule has 2 atom stereocenters. The van der Waals surface area contributed by atoms with E-state index in [1.165, 1.54) is 25.3 Å².